The lowest BCUT2D eigenvalue weighted by Crippen LogP contribution is -2.13. The lowest BCUT2D eigenvalue weighted by molar-refractivity contribution is 0.591. The fourth-order valence-electron chi connectivity index (χ4n) is 3.55. The minimum atomic E-state index is -3.98. The number of rotatable bonds is 5. The molecule has 5 nitrogen and oxygen atoms in total. The second kappa shape index (κ2) is 8.15. The number of nitrogens with zero attached hydrogens (tertiary/aromatic N) is 1. The lowest BCUT2D eigenvalue weighted by atomic mass is 10.1. The first-order valence-corrected chi connectivity index (χ1v) is 13.2. The molecule has 0 aliphatic carbocycles. The summed E-state index contributed by atoms with van der Waals surface area (Å²) in [6, 6.07) is 20.0. The number of hydrogen-bond acceptors (Lipinski definition) is 5. The summed E-state index contributed by atoms with van der Waals surface area (Å²) in [4.78, 5) is 4.67. The number of benzene rings is 3. The highest BCUT2D eigenvalue weighted by Gasteiger charge is 2.27. The van der Waals surface area contributed by atoms with E-state index in [9.17, 15) is 16.8 Å². The fourth-order valence-corrected chi connectivity index (χ4v) is 6.39. The molecule has 1 aromatic heterocycles. The maximum absolute atomic E-state index is 13.6. The monoisotopic (exact) mass is 465 g/mol. The molecule has 4 aromatic rings. The average molecular weight is 466 g/mol. The van der Waals surface area contributed by atoms with Gasteiger partial charge in [-0.1, -0.05) is 47.5 Å². The summed E-state index contributed by atoms with van der Waals surface area (Å²) in [6.45, 7) is 5.61. The van der Waals surface area contributed by atoms with Crippen LogP contribution in [0.1, 0.15) is 22.4 Å². The molecule has 164 valence electrons. The number of aryl methyl sites for hydroxylation is 3. The van der Waals surface area contributed by atoms with Gasteiger partial charge in [0.1, 0.15) is 0 Å². The first-order valence-electron chi connectivity index (χ1n) is 10.1. The summed E-state index contributed by atoms with van der Waals surface area (Å²) in [7, 11) is -7.79. The van der Waals surface area contributed by atoms with E-state index in [-0.39, 0.29) is 20.4 Å². The van der Waals surface area contributed by atoms with Crippen LogP contribution in [-0.2, 0) is 25.4 Å². The predicted octanol–water partition coefficient (Wildman–Crippen LogP) is 4.97. The zero-order chi connectivity index (χ0) is 23.1. The van der Waals surface area contributed by atoms with Gasteiger partial charge in [-0.15, -0.1) is 0 Å². The highest BCUT2D eigenvalue weighted by Crippen LogP contribution is 2.30. The van der Waals surface area contributed by atoms with Gasteiger partial charge >= 0.3 is 0 Å². The molecule has 1 heterocycles. The molecule has 0 bridgehead atoms. The van der Waals surface area contributed by atoms with Gasteiger partial charge in [0.25, 0.3) is 0 Å². The molecule has 0 spiro atoms. The van der Waals surface area contributed by atoms with Crippen molar-refractivity contribution in [1.29, 1.82) is 0 Å². The number of pyridine rings is 1. The number of aromatic nitrogens is 1. The zero-order valence-corrected chi connectivity index (χ0v) is 19.7. The maximum Gasteiger partial charge on any atom is 0.208 e. The van der Waals surface area contributed by atoms with Gasteiger partial charge in [0.05, 0.1) is 31.6 Å². The smallest absolute Gasteiger partial charge is 0.208 e. The van der Waals surface area contributed by atoms with Crippen LogP contribution in [0.4, 0.5) is 0 Å². The number of hydrogen-bond donors (Lipinski definition) is 0. The highest BCUT2D eigenvalue weighted by molar-refractivity contribution is 7.92. The van der Waals surface area contributed by atoms with Gasteiger partial charge in [-0.25, -0.2) is 16.8 Å². The Kier molecular flexibility index (Phi) is 5.65. The minimum Gasteiger partial charge on any atom is -0.250 e. The summed E-state index contributed by atoms with van der Waals surface area (Å²) in [5.41, 5.74) is 3.30. The molecule has 0 amide bonds. The van der Waals surface area contributed by atoms with Crippen molar-refractivity contribution in [3.8, 4) is 0 Å². The summed E-state index contributed by atoms with van der Waals surface area (Å²) in [5.74, 6) is -0.514. The van der Waals surface area contributed by atoms with Crippen LogP contribution in [0.5, 0.6) is 0 Å². The summed E-state index contributed by atoms with van der Waals surface area (Å²) < 4.78 is 53.4. The number of sulfone groups is 2. The molecular weight excluding hydrogens is 442 g/mol. The fraction of sp³-hybridized carbons (Fsp3) is 0.160. The molecule has 0 N–H and O–H groups in total. The normalized spacial score (nSPS) is 12.2. The van der Waals surface area contributed by atoms with E-state index in [1.807, 2.05) is 32.9 Å². The largest absolute Gasteiger partial charge is 0.250 e. The van der Waals surface area contributed by atoms with Crippen LogP contribution >= 0.6 is 0 Å². The summed E-state index contributed by atoms with van der Waals surface area (Å²) in [5, 5.41) is 0.676. The average Bonchev–Trinajstić information content (AvgIpc) is 2.74. The van der Waals surface area contributed by atoms with E-state index in [2.05, 4.69) is 4.98 Å². The van der Waals surface area contributed by atoms with Crippen molar-refractivity contribution in [2.75, 3.05) is 0 Å². The lowest BCUT2D eigenvalue weighted by Gasteiger charge is -2.14. The van der Waals surface area contributed by atoms with Crippen molar-refractivity contribution in [3.63, 3.8) is 0 Å². The Bertz CT molecular complexity index is 1520. The molecule has 32 heavy (non-hydrogen) atoms. The van der Waals surface area contributed by atoms with E-state index in [1.54, 1.807) is 36.4 Å². The van der Waals surface area contributed by atoms with Crippen LogP contribution in [0, 0.1) is 20.8 Å². The summed E-state index contributed by atoms with van der Waals surface area (Å²) >= 11 is 0. The molecule has 0 saturated carbocycles. The first-order chi connectivity index (χ1) is 15.1. The Hall–Kier alpha value is -3.03. The van der Waals surface area contributed by atoms with Crippen LogP contribution in [0.15, 0.2) is 87.5 Å². The Morgan fingerprint density at radius 1 is 0.719 bits per heavy atom. The van der Waals surface area contributed by atoms with Gasteiger partial charge < -0.3 is 0 Å². The second-order valence-electron chi connectivity index (χ2n) is 7.96. The Labute approximate surface area is 188 Å². The summed E-state index contributed by atoms with van der Waals surface area (Å²) in [6.07, 6.45) is 0. The molecule has 0 unspecified atom stereocenters. The van der Waals surface area contributed by atoms with Gasteiger partial charge in [0, 0.05) is 5.39 Å². The van der Waals surface area contributed by atoms with E-state index in [1.165, 1.54) is 24.3 Å². The third-order valence-electron chi connectivity index (χ3n) is 5.44. The van der Waals surface area contributed by atoms with Crippen LogP contribution < -0.4 is 0 Å². The van der Waals surface area contributed by atoms with Crippen molar-refractivity contribution >= 4 is 30.6 Å². The molecule has 0 aliphatic heterocycles. The molecule has 0 radical (unpaired) electrons. The molecule has 4 rings (SSSR count). The van der Waals surface area contributed by atoms with E-state index >= 15 is 0 Å². The maximum atomic E-state index is 13.6. The van der Waals surface area contributed by atoms with Gasteiger partial charge in [-0.2, -0.15) is 0 Å². The van der Waals surface area contributed by atoms with Gasteiger partial charge in [0.15, 0.2) is 9.84 Å². The van der Waals surface area contributed by atoms with Crippen LogP contribution in [0.25, 0.3) is 10.9 Å². The SMILES string of the molecule is Cc1ccc(S(=O)(=O)Cc2nc3cccc(C)c3cc2S(=O)(=O)c2ccc(C)cc2)cc1. The third-order valence-corrected chi connectivity index (χ3v) is 8.91. The van der Waals surface area contributed by atoms with Crippen LogP contribution in [0.3, 0.4) is 0 Å². The van der Waals surface area contributed by atoms with Crippen molar-refractivity contribution in [1.82, 2.24) is 4.98 Å². The zero-order valence-electron chi connectivity index (χ0n) is 18.0. The molecular formula is C25H23NO4S2. The van der Waals surface area contributed by atoms with E-state index in [0.29, 0.717) is 10.9 Å². The van der Waals surface area contributed by atoms with E-state index in [0.717, 1.165) is 16.7 Å². The Morgan fingerprint density at radius 3 is 1.88 bits per heavy atom. The van der Waals surface area contributed by atoms with E-state index < -0.39 is 25.4 Å². The Balaban J connectivity index is 1.93. The minimum absolute atomic E-state index is 0.0178. The van der Waals surface area contributed by atoms with Gasteiger partial charge in [0.2, 0.25) is 9.84 Å². The quantitative estimate of drug-likeness (QED) is 0.416. The van der Waals surface area contributed by atoms with E-state index in [4.69, 9.17) is 0 Å². The van der Waals surface area contributed by atoms with Gasteiger partial charge in [-0.3, -0.25) is 4.98 Å². The van der Waals surface area contributed by atoms with Gasteiger partial charge in [-0.05, 0) is 62.7 Å². The standard InChI is InChI=1S/C25H23NO4S2/c1-17-7-11-20(12-8-17)31(27,28)16-24-25(15-22-19(3)5-4-6-23(22)26-24)32(29,30)21-13-9-18(2)10-14-21/h4-15H,16H2,1-3H3. The van der Waals surface area contributed by atoms with Crippen molar-refractivity contribution < 1.29 is 16.8 Å². The topological polar surface area (TPSA) is 81.2 Å². The van der Waals surface area contributed by atoms with Crippen molar-refractivity contribution in [2.45, 2.75) is 41.2 Å². The molecule has 0 aliphatic rings. The molecule has 0 saturated heterocycles. The van der Waals surface area contributed by atoms with Crippen molar-refractivity contribution in [2.24, 2.45) is 0 Å². The molecule has 3 aromatic carbocycles. The third kappa shape index (κ3) is 4.18. The molecule has 0 fully saturated rings. The Morgan fingerprint density at radius 2 is 1.28 bits per heavy atom. The van der Waals surface area contributed by atoms with Crippen LogP contribution in [0.2, 0.25) is 0 Å². The number of fused-ring (bicyclic) bond motifs is 1. The first kappa shape index (κ1) is 22.2. The second-order valence-corrected chi connectivity index (χ2v) is 11.9. The van der Waals surface area contributed by atoms with Crippen LogP contribution in [-0.4, -0.2) is 21.8 Å². The molecule has 7 heteroatoms. The molecule has 0 atom stereocenters. The van der Waals surface area contributed by atoms with Crippen molar-refractivity contribution in [3.05, 3.63) is 95.2 Å². The highest BCUT2D eigenvalue weighted by atomic mass is 32.2. The predicted molar refractivity (Wildman–Crippen MR) is 125 cm³/mol.